The van der Waals surface area contributed by atoms with E-state index in [9.17, 15) is 14.0 Å². The summed E-state index contributed by atoms with van der Waals surface area (Å²) < 4.78 is 13.1. The Morgan fingerprint density at radius 3 is 2.58 bits per heavy atom. The second-order valence-electron chi connectivity index (χ2n) is 4.34. The Labute approximate surface area is 111 Å². The average molecular weight is 268 g/mol. The zero-order valence-electron chi connectivity index (χ0n) is 11.1. The van der Waals surface area contributed by atoms with Gasteiger partial charge in [0.15, 0.2) is 6.04 Å². The number of hydrogen-bond acceptors (Lipinski definition) is 3. The number of nitrogens with one attached hydrogen (secondary N) is 1. The zero-order valence-corrected chi connectivity index (χ0v) is 11.1. The molecule has 0 bridgehead atoms. The minimum atomic E-state index is -1.27. The molecule has 0 radical (unpaired) electrons. The molecule has 0 spiro atoms. The van der Waals surface area contributed by atoms with Crippen LogP contribution >= 0.6 is 0 Å². The third kappa shape index (κ3) is 3.75. The second-order valence-corrected chi connectivity index (χ2v) is 4.34. The number of halogens is 1. The van der Waals surface area contributed by atoms with E-state index in [-0.39, 0.29) is 12.4 Å². The van der Waals surface area contributed by atoms with Crippen LogP contribution in [0.4, 0.5) is 4.39 Å². The van der Waals surface area contributed by atoms with Gasteiger partial charge in [0.2, 0.25) is 0 Å². The maximum Gasteiger partial charge on any atom is 0.330 e. The van der Waals surface area contributed by atoms with E-state index in [1.54, 1.807) is 19.1 Å². The van der Waals surface area contributed by atoms with Crippen molar-refractivity contribution in [2.24, 2.45) is 0 Å². The standard InChI is InChI=1S/C13H17FN2O3/c1-8-6-9(4-5-10(8)14)7-16(3)12(17)11(15-2)13(18)19/h4-6,11,15H,7H2,1-3H3,(H,18,19). The molecule has 6 heteroatoms. The lowest BCUT2D eigenvalue weighted by Gasteiger charge is -2.21. The van der Waals surface area contributed by atoms with E-state index in [0.29, 0.717) is 5.56 Å². The van der Waals surface area contributed by atoms with Crippen LogP contribution in [-0.4, -0.2) is 42.0 Å². The highest BCUT2D eigenvalue weighted by Crippen LogP contribution is 2.11. The molecule has 104 valence electrons. The fourth-order valence-electron chi connectivity index (χ4n) is 1.73. The Kier molecular flexibility index (Phi) is 5.00. The fourth-order valence-corrected chi connectivity index (χ4v) is 1.73. The first kappa shape index (κ1) is 15.1. The Balaban J connectivity index is 2.78. The van der Waals surface area contributed by atoms with Crippen LogP contribution in [-0.2, 0) is 16.1 Å². The van der Waals surface area contributed by atoms with Gasteiger partial charge in [0.25, 0.3) is 5.91 Å². The van der Waals surface area contributed by atoms with Gasteiger partial charge < -0.3 is 10.0 Å². The molecule has 0 heterocycles. The normalized spacial score (nSPS) is 12.0. The number of carbonyl (C=O) groups excluding carboxylic acids is 1. The maximum atomic E-state index is 13.1. The van der Waals surface area contributed by atoms with Gasteiger partial charge in [-0.3, -0.25) is 10.1 Å². The molecule has 19 heavy (non-hydrogen) atoms. The van der Waals surface area contributed by atoms with Crippen molar-refractivity contribution >= 4 is 11.9 Å². The second kappa shape index (κ2) is 6.29. The van der Waals surface area contributed by atoms with Crippen molar-refractivity contribution < 1.29 is 19.1 Å². The average Bonchev–Trinajstić information content (AvgIpc) is 2.34. The molecule has 1 unspecified atom stereocenters. The van der Waals surface area contributed by atoms with Gasteiger partial charge in [-0.2, -0.15) is 0 Å². The topological polar surface area (TPSA) is 69.6 Å². The van der Waals surface area contributed by atoms with Crippen LogP contribution < -0.4 is 5.32 Å². The van der Waals surface area contributed by atoms with E-state index >= 15 is 0 Å². The summed E-state index contributed by atoms with van der Waals surface area (Å²) in [7, 11) is 2.92. The molecule has 1 aromatic carbocycles. The summed E-state index contributed by atoms with van der Waals surface area (Å²) in [5, 5.41) is 11.3. The highest BCUT2D eigenvalue weighted by atomic mass is 19.1. The summed E-state index contributed by atoms with van der Waals surface area (Å²) in [5.41, 5.74) is 1.23. The van der Waals surface area contributed by atoms with Gasteiger partial charge in [0.1, 0.15) is 5.82 Å². The molecule has 0 saturated heterocycles. The number of likely N-dealkylation sites (N-methyl/N-ethyl adjacent to an activating group) is 2. The van der Waals surface area contributed by atoms with Crippen molar-refractivity contribution in [1.82, 2.24) is 10.2 Å². The SMILES string of the molecule is CNC(C(=O)O)C(=O)N(C)Cc1ccc(F)c(C)c1. The van der Waals surface area contributed by atoms with E-state index in [1.807, 2.05) is 0 Å². The largest absolute Gasteiger partial charge is 0.480 e. The van der Waals surface area contributed by atoms with Crippen molar-refractivity contribution in [2.45, 2.75) is 19.5 Å². The summed E-state index contributed by atoms with van der Waals surface area (Å²) in [5.74, 6) is -2.08. The molecule has 0 aliphatic heterocycles. The lowest BCUT2D eigenvalue weighted by Crippen LogP contribution is -2.48. The van der Waals surface area contributed by atoms with Crippen molar-refractivity contribution in [3.8, 4) is 0 Å². The zero-order chi connectivity index (χ0) is 14.6. The minimum absolute atomic E-state index is 0.228. The molecule has 0 fully saturated rings. The molecule has 2 N–H and O–H groups in total. The van der Waals surface area contributed by atoms with Crippen LogP contribution in [0.3, 0.4) is 0 Å². The van der Waals surface area contributed by atoms with E-state index in [0.717, 1.165) is 5.56 Å². The van der Waals surface area contributed by atoms with E-state index in [1.165, 1.54) is 25.1 Å². The molecule has 1 atom stereocenters. The third-order valence-electron chi connectivity index (χ3n) is 2.80. The van der Waals surface area contributed by atoms with E-state index < -0.39 is 17.9 Å². The van der Waals surface area contributed by atoms with Gasteiger partial charge in [-0.1, -0.05) is 12.1 Å². The maximum absolute atomic E-state index is 13.1. The van der Waals surface area contributed by atoms with E-state index in [2.05, 4.69) is 5.32 Å². The van der Waals surface area contributed by atoms with Crippen molar-refractivity contribution in [2.75, 3.05) is 14.1 Å². The third-order valence-corrected chi connectivity index (χ3v) is 2.80. The van der Waals surface area contributed by atoms with Crippen molar-refractivity contribution in [3.63, 3.8) is 0 Å². The van der Waals surface area contributed by atoms with Crippen LogP contribution in [0.15, 0.2) is 18.2 Å². The number of carbonyl (C=O) groups is 2. The quantitative estimate of drug-likeness (QED) is 0.774. The smallest absolute Gasteiger partial charge is 0.330 e. The molecule has 0 aromatic heterocycles. The summed E-state index contributed by atoms with van der Waals surface area (Å²) in [6, 6.07) is 3.26. The van der Waals surface area contributed by atoms with Crippen LogP contribution in [0, 0.1) is 12.7 Å². The van der Waals surface area contributed by atoms with Crippen molar-refractivity contribution in [1.29, 1.82) is 0 Å². The van der Waals surface area contributed by atoms with E-state index in [4.69, 9.17) is 5.11 Å². The number of aryl methyl sites for hydroxylation is 1. The molecule has 1 amide bonds. The summed E-state index contributed by atoms with van der Waals surface area (Å²) in [4.78, 5) is 24.0. The fraction of sp³-hybridized carbons (Fsp3) is 0.385. The van der Waals surface area contributed by atoms with Crippen LogP contribution in [0.25, 0.3) is 0 Å². The number of carboxylic acids is 1. The van der Waals surface area contributed by atoms with Crippen LogP contribution in [0.5, 0.6) is 0 Å². The summed E-state index contributed by atoms with van der Waals surface area (Å²) >= 11 is 0. The molecular formula is C13H17FN2O3. The number of benzene rings is 1. The summed E-state index contributed by atoms with van der Waals surface area (Å²) in [6.45, 7) is 1.86. The monoisotopic (exact) mass is 268 g/mol. The van der Waals surface area contributed by atoms with Crippen LogP contribution in [0.2, 0.25) is 0 Å². The Bertz CT molecular complexity index is 491. The molecule has 0 saturated carbocycles. The predicted molar refractivity (Wildman–Crippen MR) is 68.1 cm³/mol. The molecule has 1 aromatic rings. The summed E-state index contributed by atoms with van der Waals surface area (Å²) in [6.07, 6.45) is 0. The molecule has 0 aliphatic rings. The lowest BCUT2D eigenvalue weighted by molar-refractivity contribution is -0.147. The predicted octanol–water partition coefficient (Wildman–Crippen LogP) is 0.765. The highest BCUT2D eigenvalue weighted by molar-refractivity contribution is 6.00. The van der Waals surface area contributed by atoms with Gasteiger partial charge in [0, 0.05) is 13.6 Å². The Hall–Kier alpha value is -1.95. The van der Waals surface area contributed by atoms with Gasteiger partial charge in [-0.15, -0.1) is 0 Å². The minimum Gasteiger partial charge on any atom is -0.480 e. The first-order valence-corrected chi connectivity index (χ1v) is 5.77. The Morgan fingerprint density at radius 1 is 1.47 bits per heavy atom. The first-order chi connectivity index (χ1) is 8.86. The molecular weight excluding hydrogens is 251 g/mol. The lowest BCUT2D eigenvalue weighted by atomic mass is 10.1. The van der Waals surface area contributed by atoms with Crippen molar-refractivity contribution in [3.05, 3.63) is 35.1 Å². The Morgan fingerprint density at radius 2 is 2.11 bits per heavy atom. The van der Waals surface area contributed by atoms with Crippen LogP contribution in [0.1, 0.15) is 11.1 Å². The molecule has 0 aliphatic carbocycles. The van der Waals surface area contributed by atoms with Gasteiger partial charge in [0.05, 0.1) is 0 Å². The number of rotatable bonds is 5. The van der Waals surface area contributed by atoms with Gasteiger partial charge in [-0.05, 0) is 31.2 Å². The number of aliphatic carboxylic acids is 1. The van der Waals surface area contributed by atoms with Gasteiger partial charge >= 0.3 is 5.97 Å². The number of hydrogen-bond donors (Lipinski definition) is 2. The highest BCUT2D eigenvalue weighted by Gasteiger charge is 2.27. The number of nitrogens with zero attached hydrogens (tertiary/aromatic N) is 1. The number of carboxylic acid groups (broad SMARTS) is 1. The first-order valence-electron chi connectivity index (χ1n) is 5.77. The molecule has 5 nitrogen and oxygen atoms in total. The number of amides is 1. The van der Waals surface area contributed by atoms with Gasteiger partial charge in [-0.25, -0.2) is 9.18 Å². The molecule has 1 rings (SSSR count).